The van der Waals surface area contributed by atoms with Crippen molar-refractivity contribution in [3.63, 3.8) is 0 Å². The molecule has 0 aliphatic rings. The van der Waals surface area contributed by atoms with Gasteiger partial charge in [-0.1, -0.05) is 15.9 Å². The van der Waals surface area contributed by atoms with Gasteiger partial charge < -0.3 is 14.5 Å². The smallest absolute Gasteiger partial charge is 0.161 e. The maximum Gasteiger partial charge on any atom is 0.161 e. The number of aromatic amines is 1. The quantitative estimate of drug-likeness (QED) is 0.944. The number of rotatable bonds is 4. The van der Waals surface area contributed by atoms with E-state index in [0.717, 1.165) is 21.6 Å². The van der Waals surface area contributed by atoms with Crippen LogP contribution in [0.15, 0.2) is 29.0 Å². The summed E-state index contributed by atoms with van der Waals surface area (Å²) >= 11 is 3.52. The summed E-state index contributed by atoms with van der Waals surface area (Å²) in [5.74, 6) is 2.35. The molecule has 2 aromatic rings. The highest BCUT2D eigenvalue weighted by Gasteiger charge is 2.10. The van der Waals surface area contributed by atoms with Crippen molar-refractivity contribution in [3.05, 3.63) is 40.4 Å². The molecule has 90 valence electrons. The van der Waals surface area contributed by atoms with Crippen LogP contribution in [0.25, 0.3) is 0 Å². The summed E-state index contributed by atoms with van der Waals surface area (Å²) in [7, 11) is 3.25. The van der Waals surface area contributed by atoms with Gasteiger partial charge in [0.05, 0.1) is 14.2 Å². The molecule has 0 radical (unpaired) electrons. The summed E-state index contributed by atoms with van der Waals surface area (Å²) in [6.45, 7) is 0. The lowest BCUT2D eigenvalue weighted by Gasteiger charge is -2.11. The monoisotopic (exact) mass is 296 g/mol. The molecule has 1 N–H and O–H groups in total. The predicted molar refractivity (Wildman–Crippen MR) is 68.6 cm³/mol. The third kappa shape index (κ3) is 2.61. The fraction of sp³-hybridized carbons (Fsp3) is 0.250. The van der Waals surface area contributed by atoms with Crippen LogP contribution < -0.4 is 9.47 Å². The summed E-state index contributed by atoms with van der Waals surface area (Å²) in [6, 6.07) is 3.85. The van der Waals surface area contributed by atoms with Gasteiger partial charge in [0.1, 0.15) is 5.82 Å². The lowest BCUT2D eigenvalue weighted by Crippen LogP contribution is -1.96. The molecule has 0 aliphatic heterocycles. The van der Waals surface area contributed by atoms with Crippen molar-refractivity contribution in [3.8, 4) is 11.5 Å². The third-order valence-electron chi connectivity index (χ3n) is 2.47. The fourth-order valence-electron chi connectivity index (χ4n) is 1.61. The highest BCUT2D eigenvalue weighted by Crippen LogP contribution is 2.33. The largest absolute Gasteiger partial charge is 0.493 e. The lowest BCUT2D eigenvalue weighted by atomic mass is 10.1. The standard InChI is InChI=1S/C12H13BrN2O2/c1-16-10-5-8(6-12-14-3-4-15-12)9(13)7-11(10)17-2/h3-5,7H,6H2,1-2H3,(H,14,15). The van der Waals surface area contributed by atoms with E-state index in [1.54, 1.807) is 20.4 Å². The van der Waals surface area contributed by atoms with Crippen LogP contribution in [0.3, 0.4) is 0 Å². The van der Waals surface area contributed by atoms with Crippen LogP contribution in [0.4, 0.5) is 0 Å². The first-order chi connectivity index (χ1) is 8.24. The van der Waals surface area contributed by atoms with E-state index in [0.29, 0.717) is 12.2 Å². The van der Waals surface area contributed by atoms with Gasteiger partial charge in [-0.15, -0.1) is 0 Å². The highest BCUT2D eigenvalue weighted by molar-refractivity contribution is 9.10. The van der Waals surface area contributed by atoms with Gasteiger partial charge in [0, 0.05) is 23.3 Å². The van der Waals surface area contributed by atoms with Crippen molar-refractivity contribution in [2.45, 2.75) is 6.42 Å². The zero-order valence-corrected chi connectivity index (χ0v) is 11.2. The van der Waals surface area contributed by atoms with Gasteiger partial charge in [-0.2, -0.15) is 0 Å². The predicted octanol–water partition coefficient (Wildman–Crippen LogP) is 2.78. The average Bonchev–Trinajstić information content (AvgIpc) is 2.84. The van der Waals surface area contributed by atoms with Crippen molar-refractivity contribution in [1.29, 1.82) is 0 Å². The maximum atomic E-state index is 5.27. The number of ether oxygens (including phenoxy) is 2. The van der Waals surface area contributed by atoms with Gasteiger partial charge in [-0.05, 0) is 17.7 Å². The lowest BCUT2D eigenvalue weighted by molar-refractivity contribution is 0.354. The summed E-state index contributed by atoms with van der Waals surface area (Å²) in [6.07, 6.45) is 4.27. The van der Waals surface area contributed by atoms with Gasteiger partial charge >= 0.3 is 0 Å². The van der Waals surface area contributed by atoms with E-state index in [4.69, 9.17) is 9.47 Å². The first kappa shape index (κ1) is 12.0. The van der Waals surface area contributed by atoms with Gasteiger partial charge in [0.2, 0.25) is 0 Å². The van der Waals surface area contributed by atoms with Crippen molar-refractivity contribution >= 4 is 15.9 Å². The molecule has 1 aromatic heterocycles. The number of aromatic nitrogens is 2. The van der Waals surface area contributed by atoms with Crippen molar-refractivity contribution in [1.82, 2.24) is 9.97 Å². The Morgan fingerprint density at radius 1 is 1.24 bits per heavy atom. The molecule has 0 bridgehead atoms. The Morgan fingerprint density at radius 2 is 1.94 bits per heavy atom. The second-order valence-corrected chi connectivity index (χ2v) is 4.37. The van der Waals surface area contributed by atoms with E-state index < -0.39 is 0 Å². The molecule has 0 amide bonds. The van der Waals surface area contributed by atoms with Crippen LogP contribution in [-0.2, 0) is 6.42 Å². The van der Waals surface area contributed by atoms with E-state index in [2.05, 4.69) is 25.9 Å². The molecule has 0 saturated carbocycles. The minimum atomic E-state index is 0.711. The Balaban J connectivity index is 2.34. The van der Waals surface area contributed by atoms with E-state index in [9.17, 15) is 0 Å². The minimum absolute atomic E-state index is 0.711. The van der Waals surface area contributed by atoms with E-state index in [1.165, 1.54) is 0 Å². The molecule has 0 fully saturated rings. The second-order valence-electron chi connectivity index (χ2n) is 3.51. The van der Waals surface area contributed by atoms with Crippen LogP contribution in [0.2, 0.25) is 0 Å². The van der Waals surface area contributed by atoms with Gasteiger partial charge in [0.25, 0.3) is 0 Å². The van der Waals surface area contributed by atoms with Crippen LogP contribution in [0.5, 0.6) is 11.5 Å². The van der Waals surface area contributed by atoms with Crippen molar-refractivity contribution in [2.24, 2.45) is 0 Å². The molecular formula is C12H13BrN2O2. The minimum Gasteiger partial charge on any atom is -0.493 e. The number of hydrogen-bond acceptors (Lipinski definition) is 3. The number of halogens is 1. The fourth-order valence-corrected chi connectivity index (χ4v) is 2.07. The zero-order chi connectivity index (χ0) is 12.3. The summed E-state index contributed by atoms with van der Waals surface area (Å²) in [5.41, 5.74) is 1.10. The number of H-pyrrole nitrogens is 1. The number of imidazole rings is 1. The summed E-state index contributed by atoms with van der Waals surface area (Å²) in [4.78, 5) is 7.28. The first-order valence-corrected chi connectivity index (χ1v) is 5.92. The van der Waals surface area contributed by atoms with Gasteiger partial charge in [0.15, 0.2) is 11.5 Å². The summed E-state index contributed by atoms with van der Waals surface area (Å²) < 4.78 is 11.5. The molecule has 17 heavy (non-hydrogen) atoms. The first-order valence-electron chi connectivity index (χ1n) is 5.13. The molecule has 1 heterocycles. The molecule has 0 saturated heterocycles. The van der Waals surface area contributed by atoms with Crippen molar-refractivity contribution < 1.29 is 9.47 Å². The molecule has 0 aliphatic carbocycles. The Morgan fingerprint density at radius 3 is 2.53 bits per heavy atom. The Bertz CT molecular complexity index is 497. The number of hydrogen-bond donors (Lipinski definition) is 1. The number of methoxy groups -OCH3 is 2. The van der Waals surface area contributed by atoms with E-state index in [-0.39, 0.29) is 0 Å². The average molecular weight is 297 g/mol. The molecule has 2 rings (SSSR count). The van der Waals surface area contributed by atoms with Crippen LogP contribution in [0.1, 0.15) is 11.4 Å². The number of nitrogens with one attached hydrogen (secondary N) is 1. The van der Waals surface area contributed by atoms with E-state index >= 15 is 0 Å². The molecule has 4 nitrogen and oxygen atoms in total. The molecule has 1 aromatic carbocycles. The molecule has 0 atom stereocenters. The Hall–Kier alpha value is -1.49. The van der Waals surface area contributed by atoms with Crippen molar-refractivity contribution in [2.75, 3.05) is 14.2 Å². The van der Waals surface area contributed by atoms with Crippen LogP contribution in [-0.4, -0.2) is 24.2 Å². The summed E-state index contributed by atoms with van der Waals surface area (Å²) in [5, 5.41) is 0. The zero-order valence-electron chi connectivity index (χ0n) is 9.66. The third-order valence-corrected chi connectivity index (χ3v) is 3.20. The Kier molecular flexibility index (Phi) is 3.68. The van der Waals surface area contributed by atoms with E-state index in [1.807, 2.05) is 18.3 Å². The molecule has 5 heteroatoms. The normalized spacial score (nSPS) is 10.3. The molecule has 0 unspecified atom stereocenters. The molecular weight excluding hydrogens is 284 g/mol. The maximum absolute atomic E-state index is 5.27. The second kappa shape index (κ2) is 5.23. The van der Waals surface area contributed by atoms with Gasteiger partial charge in [-0.25, -0.2) is 4.98 Å². The van der Waals surface area contributed by atoms with Gasteiger partial charge in [-0.3, -0.25) is 0 Å². The topological polar surface area (TPSA) is 47.1 Å². The highest BCUT2D eigenvalue weighted by atomic mass is 79.9. The SMILES string of the molecule is COc1cc(Br)c(Cc2ncc[nH]2)cc1OC. The number of nitrogens with zero attached hydrogens (tertiary/aromatic N) is 1. The van der Waals surface area contributed by atoms with Crippen LogP contribution in [0, 0.1) is 0 Å². The molecule has 0 spiro atoms. The Labute approximate surface area is 108 Å². The van der Waals surface area contributed by atoms with Crippen LogP contribution >= 0.6 is 15.9 Å². The number of benzene rings is 1.